The average molecular weight is 268 g/mol. The van der Waals surface area contributed by atoms with Crippen LogP contribution in [-0.2, 0) is 19.7 Å². The molecule has 0 spiro atoms. The molecule has 0 radical (unpaired) electrons. The summed E-state index contributed by atoms with van der Waals surface area (Å²) in [5.74, 6) is 0.115. The van der Waals surface area contributed by atoms with E-state index in [2.05, 4.69) is 0 Å². The third-order valence-corrected chi connectivity index (χ3v) is 7.80. The normalized spacial score (nSPS) is 37.4. The lowest BCUT2D eigenvalue weighted by molar-refractivity contribution is -0.895. The molecule has 2 atom stereocenters. The van der Waals surface area contributed by atoms with E-state index in [1.165, 1.54) is 0 Å². The second-order valence-electron chi connectivity index (χ2n) is 5.81. The van der Waals surface area contributed by atoms with Crippen molar-refractivity contribution in [1.82, 2.24) is 0 Å². The van der Waals surface area contributed by atoms with Crippen LogP contribution in [0, 0.1) is 5.92 Å². The molecule has 0 aromatic rings. The van der Waals surface area contributed by atoms with Gasteiger partial charge < -0.3 is 4.48 Å². The highest BCUT2D eigenvalue weighted by molar-refractivity contribution is 7.94. The zero-order chi connectivity index (χ0) is 12.4. The van der Waals surface area contributed by atoms with Gasteiger partial charge in [0, 0.05) is 5.92 Å². The number of nitrogens with zero attached hydrogens (tertiary/aromatic N) is 1. The minimum atomic E-state index is -3.04. The number of sulfone groups is 2. The highest BCUT2D eigenvalue weighted by atomic mass is 32.2. The Hall–Kier alpha value is -0.140. The lowest BCUT2D eigenvalue weighted by Gasteiger charge is -2.49. The van der Waals surface area contributed by atoms with Gasteiger partial charge in [-0.1, -0.05) is 0 Å². The zero-order valence-electron chi connectivity index (χ0n) is 9.75. The monoisotopic (exact) mass is 268 g/mol. The van der Waals surface area contributed by atoms with Crippen molar-refractivity contribution in [3.8, 4) is 0 Å². The van der Waals surface area contributed by atoms with Gasteiger partial charge in [-0.25, -0.2) is 16.8 Å². The van der Waals surface area contributed by atoms with Crippen LogP contribution in [0.1, 0.15) is 0 Å². The predicted octanol–water partition coefficient (Wildman–Crippen LogP) is -1.10. The molecule has 0 unspecified atom stereocenters. The largest absolute Gasteiger partial charge is 0.327 e. The lowest BCUT2D eigenvalue weighted by atomic mass is 10.00. The Bertz CT molecular complexity index is 488. The van der Waals surface area contributed by atoms with Gasteiger partial charge in [0.2, 0.25) is 0 Å². The summed E-state index contributed by atoms with van der Waals surface area (Å²) in [5, 5.41) is -0.448. The van der Waals surface area contributed by atoms with Gasteiger partial charge in [-0.3, -0.25) is 0 Å². The summed E-state index contributed by atoms with van der Waals surface area (Å²) in [7, 11) is -0.114. The van der Waals surface area contributed by atoms with E-state index >= 15 is 0 Å². The Morgan fingerprint density at radius 3 is 1.75 bits per heavy atom. The Morgan fingerprint density at radius 2 is 1.44 bits per heavy atom. The van der Waals surface area contributed by atoms with Gasteiger partial charge in [0.25, 0.3) is 0 Å². The molecule has 2 aliphatic heterocycles. The maximum atomic E-state index is 11.7. The number of rotatable bonds is 2. The smallest absolute Gasteiger partial charge is 0.165 e. The highest BCUT2D eigenvalue weighted by Crippen LogP contribution is 2.38. The fourth-order valence-electron chi connectivity index (χ4n) is 2.63. The van der Waals surface area contributed by atoms with Gasteiger partial charge in [0.1, 0.15) is 17.0 Å². The third kappa shape index (κ3) is 1.89. The first kappa shape index (κ1) is 12.3. The Morgan fingerprint density at radius 1 is 0.938 bits per heavy atom. The molecule has 0 aromatic carbocycles. The molecule has 0 aromatic heterocycles. The maximum Gasteiger partial charge on any atom is 0.165 e. The summed E-state index contributed by atoms with van der Waals surface area (Å²) in [6.07, 6.45) is 0. The van der Waals surface area contributed by atoms with Crippen molar-refractivity contribution < 1.29 is 21.3 Å². The molecule has 0 amide bonds. The first-order valence-corrected chi connectivity index (χ1v) is 8.80. The Kier molecular flexibility index (Phi) is 2.47. The van der Waals surface area contributed by atoms with Crippen LogP contribution in [0.3, 0.4) is 0 Å². The number of hydrogen-bond donors (Lipinski definition) is 0. The Labute approximate surface area is 96.9 Å². The van der Waals surface area contributed by atoms with Crippen LogP contribution in [0.5, 0.6) is 0 Å². The van der Waals surface area contributed by atoms with E-state index in [0.717, 1.165) is 0 Å². The summed E-state index contributed by atoms with van der Waals surface area (Å²) in [6, 6.07) is 0.0468. The van der Waals surface area contributed by atoms with Gasteiger partial charge in [-0.05, 0) is 0 Å². The molecule has 0 bridgehead atoms. The summed E-state index contributed by atoms with van der Waals surface area (Å²) < 4.78 is 46.2. The maximum absolute atomic E-state index is 11.7. The van der Waals surface area contributed by atoms with Crippen molar-refractivity contribution in [2.24, 2.45) is 5.92 Å². The van der Waals surface area contributed by atoms with Crippen LogP contribution in [0.2, 0.25) is 0 Å². The molecule has 2 fully saturated rings. The molecule has 5 nitrogen and oxygen atoms in total. The summed E-state index contributed by atoms with van der Waals surface area (Å²) in [5.41, 5.74) is 0. The van der Waals surface area contributed by atoms with Crippen molar-refractivity contribution >= 4 is 19.7 Å². The molecule has 2 saturated heterocycles. The van der Waals surface area contributed by atoms with Crippen molar-refractivity contribution in [2.75, 3.05) is 38.4 Å². The van der Waals surface area contributed by atoms with Crippen LogP contribution in [0.4, 0.5) is 0 Å². The molecule has 0 saturated carbocycles. The van der Waals surface area contributed by atoms with Gasteiger partial charge in [0.15, 0.2) is 19.7 Å². The molecule has 0 N–H and O–H groups in total. The summed E-state index contributed by atoms with van der Waals surface area (Å²) >= 11 is 0. The average Bonchev–Trinajstić information content (AvgIpc) is 1.95. The lowest BCUT2D eigenvalue weighted by Crippen LogP contribution is -2.70. The van der Waals surface area contributed by atoms with E-state index in [9.17, 15) is 16.8 Å². The number of hydrogen-bond acceptors (Lipinski definition) is 4. The topological polar surface area (TPSA) is 68.3 Å². The first-order valence-electron chi connectivity index (χ1n) is 5.26. The van der Waals surface area contributed by atoms with Gasteiger partial charge in [-0.2, -0.15) is 0 Å². The molecular weight excluding hydrogens is 250 g/mol. The standard InChI is InChI=1S/C9H18NO4S2/c1-10(2,3)8-6-16(13,14)9(8)7-4-15(11,12)5-7/h7-9H,4-6H2,1-3H3/q+1/t8-,9+/m1/s1. The minimum Gasteiger partial charge on any atom is -0.327 e. The molecule has 2 aliphatic rings. The van der Waals surface area contributed by atoms with Crippen LogP contribution in [0.25, 0.3) is 0 Å². The van der Waals surface area contributed by atoms with E-state index in [1.54, 1.807) is 0 Å². The predicted molar refractivity (Wildman–Crippen MR) is 61.5 cm³/mol. The summed E-state index contributed by atoms with van der Waals surface area (Å²) in [4.78, 5) is 0. The van der Waals surface area contributed by atoms with E-state index in [1.807, 2.05) is 21.1 Å². The van der Waals surface area contributed by atoms with Crippen molar-refractivity contribution in [3.63, 3.8) is 0 Å². The van der Waals surface area contributed by atoms with Crippen LogP contribution >= 0.6 is 0 Å². The molecule has 2 rings (SSSR count). The van der Waals surface area contributed by atoms with Crippen molar-refractivity contribution in [3.05, 3.63) is 0 Å². The second-order valence-corrected chi connectivity index (χ2v) is 10.2. The van der Waals surface area contributed by atoms with E-state index in [4.69, 9.17) is 0 Å². The fourth-order valence-corrected chi connectivity index (χ4v) is 7.20. The summed E-state index contributed by atoms with van der Waals surface area (Å²) in [6.45, 7) is 0. The van der Waals surface area contributed by atoms with Gasteiger partial charge in [0.05, 0.1) is 32.6 Å². The first-order chi connectivity index (χ1) is 7.03. The van der Waals surface area contributed by atoms with Crippen LogP contribution in [-0.4, -0.2) is 71.0 Å². The van der Waals surface area contributed by atoms with E-state index in [-0.39, 0.29) is 29.2 Å². The molecule has 94 valence electrons. The van der Waals surface area contributed by atoms with Crippen LogP contribution < -0.4 is 0 Å². The van der Waals surface area contributed by atoms with Gasteiger partial charge >= 0.3 is 0 Å². The van der Waals surface area contributed by atoms with Crippen LogP contribution in [0.15, 0.2) is 0 Å². The quantitative estimate of drug-likeness (QED) is 0.596. The van der Waals surface area contributed by atoms with Crippen molar-refractivity contribution in [1.29, 1.82) is 0 Å². The van der Waals surface area contributed by atoms with Crippen molar-refractivity contribution in [2.45, 2.75) is 11.3 Å². The number of quaternary nitrogens is 1. The van der Waals surface area contributed by atoms with Gasteiger partial charge in [-0.15, -0.1) is 0 Å². The Balaban J connectivity index is 2.18. The highest BCUT2D eigenvalue weighted by Gasteiger charge is 2.60. The molecule has 7 heteroatoms. The third-order valence-electron chi connectivity index (χ3n) is 3.59. The zero-order valence-corrected chi connectivity index (χ0v) is 11.4. The molecular formula is C9H18NO4S2+. The fraction of sp³-hybridized carbons (Fsp3) is 1.00. The molecule has 0 aliphatic carbocycles. The van der Waals surface area contributed by atoms with E-state index in [0.29, 0.717) is 4.48 Å². The molecule has 16 heavy (non-hydrogen) atoms. The van der Waals surface area contributed by atoms with E-state index < -0.39 is 24.9 Å². The minimum absolute atomic E-state index is 0.0468. The second kappa shape index (κ2) is 3.20. The SMILES string of the molecule is C[N+](C)(C)[C@@H]1CS(=O)(=O)[C@H]1C1CS(=O)(=O)C1. The molecule has 2 heterocycles.